The van der Waals surface area contributed by atoms with Gasteiger partial charge in [-0.25, -0.2) is 14.8 Å². The molecule has 5 aromatic rings. The third-order valence-corrected chi connectivity index (χ3v) is 10.6. The first-order valence-electron chi connectivity index (χ1n) is 16.4. The number of rotatable bonds is 8. The van der Waals surface area contributed by atoms with Gasteiger partial charge in [-0.3, -0.25) is 4.79 Å². The highest BCUT2D eigenvalue weighted by molar-refractivity contribution is 7.21. The number of oxazole rings is 1. The van der Waals surface area contributed by atoms with E-state index in [0.29, 0.717) is 42.1 Å². The topological polar surface area (TPSA) is 114 Å². The molecule has 1 atom stereocenters. The largest absolute Gasteiger partial charge is 0.477 e. The van der Waals surface area contributed by atoms with Crippen molar-refractivity contribution < 1.29 is 23.8 Å². The summed E-state index contributed by atoms with van der Waals surface area (Å²) in [6, 6.07) is 12.0. The lowest BCUT2D eigenvalue weighted by atomic mass is 9.83. The number of carboxylic acids is 1. The Labute approximate surface area is 278 Å². The van der Waals surface area contributed by atoms with Gasteiger partial charge in [-0.1, -0.05) is 31.4 Å². The zero-order valence-corrected chi connectivity index (χ0v) is 28.2. The molecule has 1 aliphatic carbocycles. The number of likely N-dealkylation sites (N-methyl/N-ethyl adjacent to an activating group) is 1. The Hall–Kier alpha value is -4.06. The maximum absolute atomic E-state index is 14.1. The van der Waals surface area contributed by atoms with Gasteiger partial charge in [-0.05, 0) is 75.2 Å². The van der Waals surface area contributed by atoms with E-state index in [2.05, 4.69) is 32.7 Å². The molecular weight excluding hydrogens is 614 g/mol. The van der Waals surface area contributed by atoms with Crippen molar-refractivity contribution in [3.63, 3.8) is 0 Å². The first-order chi connectivity index (χ1) is 22.7. The number of fused-ring (bicyclic) bond motifs is 2. The molecule has 5 heterocycles. The summed E-state index contributed by atoms with van der Waals surface area (Å²) >= 11 is 1.33. The van der Waals surface area contributed by atoms with E-state index >= 15 is 0 Å². The SMILES string of the molecule is Cc1nc(C)c(-c2ccc3cc(-c4c(C5CCCCC5)c5sc(C(=O)O)cc5n4CC(=O)N4CCOC(CN(C)C)C4)ccc3n2)o1. The Bertz CT molecular complexity index is 1970. The summed E-state index contributed by atoms with van der Waals surface area (Å²) in [7, 11) is 4.01. The number of pyridine rings is 1. The number of thiophene rings is 1. The summed E-state index contributed by atoms with van der Waals surface area (Å²) in [6.45, 7) is 6.19. The number of aromatic nitrogens is 3. The van der Waals surface area contributed by atoms with Crippen LogP contribution in [0.2, 0.25) is 0 Å². The van der Waals surface area contributed by atoms with E-state index < -0.39 is 5.97 Å². The Balaban J connectivity index is 1.34. The van der Waals surface area contributed by atoms with Crippen molar-refractivity contribution >= 4 is 44.3 Å². The molecule has 11 heteroatoms. The number of benzene rings is 1. The van der Waals surface area contributed by atoms with Crippen LogP contribution in [0.5, 0.6) is 0 Å². The molecule has 4 aromatic heterocycles. The van der Waals surface area contributed by atoms with Gasteiger partial charge >= 0.3 is 5.97 Å². The van der Waals surface area contributed by atoms with Crippen molar-refractivity contribution in [3.8, 4) is 22.7 Å². The normalized spacial score (nSPS) is 17.7. The van der Waals surface area contributed by atoms with E-state index in [1.54, 1.807) is 6.07 Å². The average Bonchev–Trinajstić information content (AvgIpc) is 3.72. The second kappa shape index (κ2) is 12.9. The van der Waals surface area contributed by atoms with Crippen LogP contribution in [0.15, 0.2) is 40.8 Å². The van der Waals surface area contributed by atoms with E-state index in [-0.39, 0.29) is 18.6 Å². The van der Waals surface area contributed by atoms with Gasteiger partial charge in [0.15, 0.2) is 11.7 Å². The van der Waals surface area contributed by atoms with Crippen molar-refractivity contribution in [3.05, 3.63) is 58.4 Å². The summed E-state index contributed by atoms with van der Waals surface area (Å²) in [6.07, 6.45) is 5.53. The molecule has 10 nitrogen and oxygen atoms in total. The van der Waals surface area contributed by atoms with E-state index in [9.17, 15) is 14.7 Å². The van der Waals surface area contributed by atoms with E-state index in [4.69, 9.17) is 14.1 Å². The maximum Gasteiger partial charge on any atom is 0.345 e. The van der Waals surface area contributed by atoms with Gasteiger partial charge in [0.05, 0.1) is 39.8 Å². The summed E-state index contributed by atoms with van der Waals surface area (Å²) in [5.41, 5.74) is 6.38. The monoisotopic (exact) mass is 655 g/mol. The fourth-order valence-electron chi connectivity index (χ4n) is 7.37. The predicted molar refractivity (Wildman–Crippen MR) is 183 cm³/mol. The first kappa shape index (κ1) is 31.5. The molecule has 2 fully saturated rings. The number of ether oxygens (including phenoxy) is 1. The molecule has 47 heavy (non-hydrogen) atoms. The molecule has 1 aliphatic heterocycles. The molecule has 1 unspecified atom stereocenters. The minimum absolute atomic E-state index is 0.0123. The fourth-order valence-corrected chi connectivity index (χ4v) is 8.49. The van der Waals surface area contributed by atoms with Crippen molar-refractivity contribution in [2.75, 3.05) is 40.3 Å². The van der Waals surface area contributed by atoms with Crippen molar-refractivity contribution in [1.82, 2.24) is 24.3 Å². The van der Waals surface area contributed by atoms with Crippen molar-refractivity contribution in [2.45, 2.75) is 64.5 Å². The Morgan fingerprint density at radius 2 is 1.87 bits per heavy atom. The molecule has 1 amide bonds. The number of carboxylic acid groups (broad SMARTS) is 1. The number of carbonyl (C=O) groups is 2. The van der Waals surface area contributed by atoms with E-state index in [0.717, 1.165) is 76.0 Å². The molecule has 0 bridgehead atoms. The van der Waals surface area contributed by atoms with Crippen LogP contribution in [-0.4, -0.2) is 87.8 Å². The Morgan fingerprint density at radius 1 is 1.06 bits per heavy atom. The summed E-state index contributed by atoms with van der Waals surface area (Å²) in [4.78, 5) is 39.9. The molecular formula is C36H41N5O5S. The minimum Gasteiger partial charge on any atom is -0.477 e. The summed E-state index contributed by atoms with van der Waals surface area (Å²) in [5.74, 6) is 0.644. The first-order valence-corrected chi connectivity index (χ1v) is 17.3. The van der Waals surface area contributed by atoms with E-state index in [1.807, 2.05) is 45.0 Å². The van der Waals surface area contributed by atoms with Crippen LogP contribution in [0, 0.1) is 13.8 Å². The highest BCUT2D eigenvalue weighted by atomic mass is 32.1. The standard InChI is InChI=1S/C36H41N5O5S/c1-21-34(46-22(2)37-21)28-13-10-24-16-25(11-12-27(24)38-28)33-32(23-8-6-5-7-9-23)35-29(17-30(47-35)36(43)44)41(33)20-31(42)40-14-15-45-26(19-40)18-39(3)4/h10-13,16-17,23,26H,5-9,14-15,18-20H2,1-4H3,(H,43,44). The molecule has 1 N–H and O–H groups in total. The quantitative estimate of drug-likeness (QED) is 0.196. The van der Waals surface area contributed by atoms with Gasteiger partial charge in [-0.2, -0.15) is 0 Å². The van der Waals surface area contributed by atoms with Gasteiger partial charge in [0.1, 0.15) is 17.1 Å². The Morgan fingerprint density at radius 3 is 2.60 bits per heavy atom. The lowest BCUT2D eigenvalue weighted by Gasteiger charge is -2.34. The van der Waals surface area contributed by atoms with Crippen molar-refractivity contribution in [1.29, 1.82) is 0 Å². The number of amides is 1. The van der Waals surface area contributed by atoms with Gasteiger partial charge in [0.25, 0.3) is 0 Å². The fraction of sp³-hybridized carbons (Fsp3) is 0.444. The highest BCUT2D eigenvalue weighted by Gasteiger charge is 2.32. The molecule has 7 rings (SSSR count). The van der Waals surface area contributed by atoms with Crippen LogP contribution in [0.25, 0.3) is 43.8 Å². The highest BCUT2D eigenvalue weighted by Crippen LogP contribution is 2.47. The third kappa shape index (κ3) is 6.19. The molecule has 246 valence electrons. The average molecular weight is 656 g/mol. The van der Waals surface area contributed by atoms with Crippen LogP contribution in [-0.2, 0) is 16.1 Å². The number of aromatic carboxylic acids is 1. The zero-order chi connectivity index (χ0) is 32.8. The van der Waals surface area contributed by atoms with Gasteiger partial charge in [0, 0.05) is 31.9 Å². The third-order valence-electron chi connectivity index (χ3n) is 9.45. The van der Waals surface area contributed by atoms with Gasteiger partial charge in [0.2, 0.25) is 5.91 Å². The number of hydrogen-bond acceptors (Lipinski definition) is 8. The number of hydrogen-bond donors (Lipinski definition) is 1. The number of nitrogens with zero attached hydrogens (tertiary/aromatic N) is 5. The van der Waals surface area contributed by atoms with Crippen LogP contribution in [0.3, 0.4) is 0 Å². The molecule has 0 radical (unpaired) electrons. The number of carbonyl (C=O) groups excluding carboxylic acids is 1. The molecule has 0 spiro atoms. The molecule has 1 aromatic carbocycles. The van der Waals surface area contributed by atoms with Gasteiger partial charge < -0.3 is 28.6 Å². The smallest absolute Gasteiger partial charge is 0.345 e. The summed E-state index contributed by atoms with van der Waals surface area (Å²) in [5, 5.41) is 11.0. The summed E-state index contributed by atoms with van der Waals surface area (Å²) < 4.78 is 14.9. The molecule has 1 saturated heterocycles. The molecule has 1 saturated carbocycles. The maximum atomic E-state index is 14.1. The van der Waals surface area contributed by atoms with Crippen LogP contribution in [0.4, 0.5) is 0 Å². The lowest BCUT2D eigenvalue weighted by molar-refractivity contribution is -0.139. The number of aryl methyl sites for hydroxylation is 2. The predicted octanol–water partition coefficient (Wildman–Crippen LogP) is 6.72. The van der Waals surface area contributed by atoms with E-state index in [1.165, 1.54) is 23.3 Å². The number of morpholine rings is 1. The van der Waals surface area contributed by atoms with Crippen LogP contribution in [0.1, 0.15) is 64.8 Å². The Kier molecular flexibility index (Phi) is 8.63. The van der Waals surface area contributed by atoms with Crippen LogP contribution < -0.4 is 0 Å². The zero-order valence-electron chi connectivity index (χ0n) is 27.4. The second-order valence-corrected chi connectivity index (χ2v) is 14.2. The minimum atomic E-state index is -0.940. The molecule has 2 aliphatic rings. The van der Waals surface area contributed by atoms with Gasteiger partial charge in [-0.15, -0.1) is 11.3 Å². The van der Waals surface area contributed by atoms with Crippen molar-refractivity contribution in [2.24, 2.45) is 0 Å². The second-order valence-electron chi connectivity index (χ2n) is 13.2. The van der Waals surface area contributed by atoms with Crippen LogP contribution >= 0.6 is 11.3 Å². The lowest BCUT2D eigenvalue weighted by Crippen LogP contribution is -2.49.